The third kappa shape index (κ3) is 3.45. The van der Waals surface area contributed by atoms with Gasteiger partial charge in [-0.1, -0.05) is 0 Å². The van der Waals surface area contributed by atoms with Crippen LogP contribution >= 0.6 is 0 Å². The van der Waals surface area contributed by atoms with Crippen LogP contribution in [0.25, 0.3) is 0 Å². The van der Waals surface area contributed by atoms with E-state index >= 15 is 0 Å². The van der Waals surface area contributed by atoms with Gasteiger partial charge in [0.05, 0.1) is 12.0 Å². The molecule has 0 saturated carbocycles. The lowest BCUT2D eigenvalue weighted by Crippen LogP contribution is -2.27. The average molecular weight is 235 g/mol. The Bertz CT molecular complexity index is 423. The van der Waals surface area contributed by atoms with Gasteiger partial charge in [-0.15, -0.1) is 0 Å². The molecule has 0 aliphatic carbocycles. The molecule has 0 saturated heterocycles. The number of nitrogens with two attached hydrogens (primary N) is 1. The average Bonchev–Trinajstić information content (AvgIpc) is 2.27. The van der Waals surface area contributed by atoms with Crippen LogP contribution < -0.4 is 15.5 Å². The normalized spacial score (nSPS) is 11.7. The van der Waals surface area contributed by atoms with Gasteiger partial charge in [-0.25, -0.2) is 0 Å². The molecule has 0 aliphatic heterocycles. The molecule has 1 heterocycles. The van der Waals surface area contributed by atoms with E-state index in [4.69, 9.17) is 11.0 Å². The van der Waals surface area contributed by atoms with Gasteiger partial charge in [0.1, 0.15) is 0 Å². The first kappa shape index (κ1) is 13.0. The summed E-state index contributed by atoms with van der Waals surface area (Å²) < 4.78 is 0. The van der Waals surface area contributed by atoms with Gasteiger partial charge in [-0.05, 0) is 6.92 Å². The van der Waals surface area contributed by atoms with Crippen LogP contribution in [0.2, 0.25) is 0 Å². The molecule has 0 aromatic carbocycles. The maximum absolute atomic E-state index is 8.77. The van der Waals surface area contributed by atoms with Gasteiger partial charge in [0.25, 0.3) is 0 Å². The number of nitrogens with zero attached hydrogens (tertiary/aromatic N) is 6. The minimum atomic E-state index is -0.0965. The van der Waals surface area contributed by atoms with Crippen LogP contribution in [0.5, 0.6) is 0 Å². The monoisotopic (exact) mass is 235 g/mol. The molecule has 0 radical (unpaired) electrons. The summed E-state index contributed by atoms with van der Waals surface area (Å²) in [7, 11) is 5.48. The van der Waals surface area contributed by atoms with Crippen LogP contribution in [0.15, 0.2) is 0 Å². The molecule has 7 heteroatoms. The van der Waals surface area contributed by atoms with Crippen molar-refractivity contribution < 1.29 is 0 Å². The van der Waals surface area contributed by atoms with Crippen LogP contribution in [0.4, 0.5) is 17.8 Å². The molecule has 7 nitrogen and oxygen atoms in total. The quantitative estimate of drug-likeness (QED) is 0.791. The predicted molar refractivity (Wildman–Crippen MR) is 66.6 cm³/mol. The summed E-state index contributed by atoms with van der Waals surface area (Å²) in [4.78, 5) is 15.9. The highest BCUT2D eigenvalue weighted by Gasteiger charge is 2.12. The highest BCUT2D eigenvalue weighted by atomic mass is 15.3. The molecule has 1 aromatic rings. The molecule has 2 N–H and O–H groups in total. The summed E-state index contributed by atoms with van der Waals surface area (Å²) in [5.41, 5.74) is 5.62. The maximum atomic E-state index is 8.77. The summed E-state index contributed by atoms with van der Waals surface area (Å²) in [6, 6.07) is 2.16. The lowest BCUT2D eigenvalue weighted by molar-refractivity contribution is 0.700. The molecular formula is C10H17N7. The number of hydrogen-bond donors (Lipinski definition) is 1. The van der Waals surface area contributed by atoms with Crippen molar-refractivity contribution in [3.8, 4) is 6.07 Å². The van der Waals surface area contributed by atoms with E-state index in [0.29, 0.717) is 18.4 Å². The summed E-state index contributed by atoms with van der Waals surface area (Å²) in [5, 5.41) is 8.77. The van der Waals surface area contributed by atoms with Crippen molar-refractivity contribution >= 4 is 17.8 Å². The number of anilines is 3. The van der Waals surface area contributed by atoms with Gasteiger partial charge in [0.2, 0.25) is 17.8 Å². The SMILES string of the molecule is CC(C#N)CN(C)c1nc(N)nc(N(C)C)n1. The minimum absolute atomic E-state index is 0.0965. The highest BCUT2D eigenvalue weighted by molar-refractivity contribution is 5.42. The first-order valence-corrected chi connectivity index (χ1v) is 5.23. The van der Waals surface area contributed by atoms with Gasteiger partial charge in [-0.3, -0.25) is 0 Å². The summed E-state index contributed by atoms with van der Waals surface area (Å²) in [6.45, 7) is 2.39. The van der Waals surface area contributed by atoms with Crippen LogP contribution in [0.3, 0.4) is 0 Å². The van der Waals surface area contributed by atoms with Crippen molar-refractivity contribution in [1.29, 1.82) is 5.26 Å². The van der Waals surface area contributed by atoms with Gasteiger partial charge in [0.15, 0.2) is 0 Å². The van der Waals surface area contributed by atoms with E-state index in [0.717, 1.165) is 0 Å². The second-order valence-electron chi connectivity index (χ2n) is 4.10. The molecule has 0 bridgehead atoms. The standard InChI is InChI=1S/C10H17N7/c1-7(5-11)6-17(4)10-14-8(12)13-9(15-10)16(2)3/h7H,6H2,1-4H3,(H2,12,13,14,15). The van der Waals surface area contributed by atoms with Crippen molar-refractivity contribution in [2.45, 2.75) is 6.92 Å². The minimum Gasteiger partial charge on any atom is -0.368 e. The molecule has 1 rings (SSSR count). The van der Waals surface area contributed by atoms with E-state index in [2.05, 4.69) is 21.0 Å². The Kier molecular flexibility index (Phi) is 4.04. The first-order chi connectivity index (χ1) is 7.93. The summed E-state index contributed by atoms with van der Waals surface area (Å²) in [5.74, 6) is 1.06. The predicted octanol–water partition coefficient (Wildman–Crippen LogP) is 0.116. The van der Waals surface area contributed by atoms with Gasteiger partial charge in [-0.2, -0.15) is 20.2 Å². The first-order valence-electron chi connectivity index (χ1n) is 5.23. The Morgan fingerprint density at radius 1 is 1.24 bits per heavy atom. The molecule has 0 amide bonds. The molecular weight excluding hydrogens is 218 g/mol. The maximum Gasteiger partial charge on any atom is 0.231 e. The number of aromatic nitrogens is 3. The van der Waals surface area contributed by atoms with E-state index < -0.39 is 0 Å². The summed E-state index contributed by atoms with van der Waals surface area (Å²) in [6.07, 6.45) is 0. The fraction of sp³-hybridized carbons (Fsp3) is 0.600. The fourth-order valence-electron chi connectivity index (χ4n) is 1.27. The van der Waals surface area contributed by atoms with E-state index in [1.165, 1.54) is 0 Å². The zero-order valence-electron chi connectivity index (χ0n) is 10.5. The van der Waals surface area contributed by atoms with Crippen LogP contribution in [0.1, 0.15) is 6.92 Å². The van der Waals surface area contributed by atoms with Crippen molar-refractivity contribution in [1.82, 2.24) is 15.0 Å². The molecule has 1 atom stereocenters. The van der Waals surface area contributed by atoms with Gasteiger partial charge >= 0.3 is 0 Å². The van der Waals surface area contributed by atoms with Crippen LogP contribution in [-0.2, 0) is 0 Å². The smallest absolute Gasteiger partial charge is 0.231 e. The van der Waals surface area contributed by atoms with E-state index in [9.17, 15) is 0 Å². The van der Waals surface area contributed by atoms with E-state index in [1.54, 1.807) is 9.80 Å². The number of nitrogen functional groups attached to an aromatic ring is 1. The second kappa shape index (κ2) is 5.30. The van der Waals surface area contributed by atoms with E-state index in [-0.39, 0.29) is 11.9 Å². The van der Waals surface area contributed by atoms with Gasteiger partial charge in [0, 0.05) is 27.7 Å². The zero-order valence-corrected chi connectivity index (χ0v) is 10.5. The molecule has 1 aromatic heterocycles. The van der Waals surface area contributed by atoms with Crippen molar-refractivity contribution in [3.05, 3.63) is 0 Å². The Morgan fingerprint density at radius 2 is 1.82 bits per heavy atom. The number of rotatable bonds is 4. The Balaban J connectivity index is 2.94. The highest BCUT2D eigenvalue weighted by Crippen LogP contribution is 2.13. The summed E-state index contributed by atoms with van der Waals surface area (Å²) >= 11 is 0. The van der Waals surface area contributed by atoms with Crippen LogP contribution in [0, 0.1) is 17.2 Å². The topological polar surface area (TPSA) is 95.0 Å². The third-order valence-corrected chi connectivity index (χ3v) is 2.14. The number of hydrogen-bond acceptors (Lipinski definition) is 7. The second-order valence-corrected chi connectivity index (χ2v) is 4.10. The largest absolute Gasteiger partial charge is 0.368 e. The van der Waals surface area contributed by atoms with Crippen molar-refractivity contribution in [2.75, 3.05) is 43.2 Å². The lowest BCUT2D eigenvalue weighted by Gasteiger charge is -2.19. The Labute approximate surface area is 101 Å². The molecule has 17 heavy (non-hydrogen) atoms. The van der Waals surface area contributed by atoms with Crippen LogP contribution in [-0.4, -0.2) is 42.6 Å². The van der Waals surface area contributed by atoms with Gasteiger partial charge < -0.3 is 15.5 Å². The Hall–Kier alpha value is -2.10. The lowest BCUT2D eigenvalue weighted by atomic mass is 10.2. The van der Waals surface area contributed by atoms with E-state index in [1.807, 2.05) is 28.1 Å². The fourth-order valence-corrected chi connectivity index (χ4v) is 1.27. The molecule has 0 aliphatic rings. The Morgan fingerprint density at radius 3 is 2.35 bits per heavy atom. The van der Waals surface area contributed by atoms with Crippen molar-refractivity contribution in [2.24, 2.45) is 5.92 Å². The molecule has 1 unspecified atom stereocenters. The zero-order chi connectivity index (χ0) is 13.0. The molecule has 92 valence electrons. The molecule has 0 fully saturated rings. The third-order valence-electron chi connectivity index (χ3n) is 2.14. The number of nitriles is 1. The molecule has 0 spiro atoms. The van der Waals surface area contributed by atoms with Crippen molar-refractivity contribution in [3.63, 3.8) is 0 Å².